The third-order valence-electron chi connectivity index (χ3n) is 8.78. The maximum atomic E-state index is 13.5. The number of carbonyl (C=O) groups excluding carboxylic acids is 4. The summed E-state index contributed by atoms with van der Waals surface area (Å²) in [6.07, 6.45) is -3.62. The van der Waals surface area contributed by atoms with Crippen LogP contribution in [0, 0.1) is 5.41 Å². The predicted molar refractivity (Wildman–Crippen MR) is 145 cm³/mol. The molecule has 4 amide bonds. The zero-order valence-electron chi connectivity index (χ0n) is 25.3. The molecule has 3 aromatic rings. The van der Waals surface area contributed by atoms with Crippen LogP contribution in [0.15, 0.2) is 42.7 Å². The average molecular weight is 583 g/mol. The van der Waals surface area contributed by atoms with E-state index in [2.05, 4.69) is 10.4 Å². The first kappa shape index (κ1) is 23.4. The Morgan fingerprint density at radius 2 is 1.88 bits per heavy atom. The van der Waals surface area contributed by atoms with Crippen molar-refractivity contribution in [2.45, 2.75) is 63.1 Å². The minimum atomic E-state index is -4.56. The van der Waals surface area contributed by atoms with Gasteiger partial charge in [0.15, 0.2) is 0 Å². The predicted octanol–water partition coefficient (Wildman–Crippen LogP) is 3.90. The minimum Gasteiger partial charge on any atom is -0.342 e. The molecule has 7 rings (SSSR count). The van der Waals surface area contributed by atoms with Crippen LogP contribution in [0.5, 0.6) is 0 Å². The highest BCUT2D eigenvalue weighted by Gasteiger charge is 2.69. The maximum Gasteiger partial charge on any atom is 0.403 e. The molecular weight excluding hydrogens is 551 g/mol. The van der Waals surface area contributed by atoms with Crippen LogP contribution in [0.4, 0.5) is 18.9 Å². The Labute approximate surface area is 242 Å². The van der Waals surface area contributed by atoms with Crippen molar-refractivity contribution in [1.29, 1.82) is 0 Å². The SMILES string of the molecule is [2H]C([2H])(c1cnn(C2CCN(C(=O)C3(C(F)(F)F)CC3)CC2)c1)c1ccc2c3c(cccc13)C(=O)N2C1([2H])CCC(=O)NC1=O. The molecule has 3 fully saturated rings. The fraction of sp³-hybridized carbons (Fsp3) is 0.433. The number of likely N-dealkylation sites (tertiary alicyclic amines) is 1. The van der Waals surface area contributed by atoms with Gasteiger partial charge >= 0.3 is 6.18 Å². The summed E-state index contributed by atoms with van der Waals surface area (Å²) in [5.41, 5.74) is -1.30. The van der Waals surface area contributed by atoms with Crippen molar-refractivity contribution in [1.82, 2.24) is 20.0 Å². The summed E-state index contributed by atoms with van der Waals surface area (Å²) in [7, 11) is 0. The van der Waals surface area contributed by atoms with E-state index in [-0.39, 0.29) is 67.2 Å². The molecule has 1 saturated carbocycles. The average Bonchev–Trinajstić information content (AvgIpc) is 3.59. The number of amides is 4. The van der Waals surface area contributed by atoms with Gasteiger partial charge in [-0.05, 0) is 60.7 Å². The first-order valence-corrected chi connectivity index (χ1v) is 13.8. The summed E-state index contributed by atoms with van der Waals surface area (Å²) in [6, 6.07) is 5.56. The highest BCUT2D eigenvalue weighted by molar-refractivity contribution is 6.27. The van der Waals surface area contributed by atoms with E-state index in [1.54, 1.807) is 29.1 Å². The van der Waals surface area contributed by atoms with Gasteiger partial charge in [0, 0.05) is 45.8 Å². The van der Waals surface area contributed by atoms with E-state index in [1.165, 1.54) is 23.2 Å². The zero-order valence-corrected chi connectivity index (χ0v) is 22.3. The summed E-state index contributed by atoms with van der Waals surface area (Å²) in [6.45, 7) is 0.291. The van der Waals surface area contributed by atoms with Gasteiger partial charge in [-0.15, -0.1) is 0 Å². The Bertz CT molecular complexity index is 1800. The lowest BCUT2D eigenvalue weighted by atomic mass is 9.97. The van der Waals surface area contributed by atoms with Crippen molar-refractivity contribution in [2.24, 2.45) is 5.41 Å². The molecule has 2 aromatic carbocycles. The molecule has 12 heteroatoms. The van der Waals surface area contributed by atoms with E-state index in [0.717, 1.165) is 4.90 Å². The minimum absolute atomic E-state index is 0.104. The van der Waals surface area contributed by atoms with Crippen LogP contribution in [-0.4, -0.2) is 63.6 Å². The number of hydrogen-bond donors (Lipinski definition) is 1. The van der Waals surface area contributed by atoms with E-state index >= 15 is 0 Å². The Hall–Kier alpha value is -4.22. The number of halogens is 3. The number of imide groups is 1. The fourth-order valence-corrected chi connectivity index (χ4v) is 6.32. The number of carbonyl (C=O) groups is 4. The Kier molecular flexibility index (Phi) is 5.23. The molecule has 1 atom stereocenters. The summed E-state index contributed by atoms with van der Waals surface area (Å²) in [5, 5.41) is 7.33. The van der Waals surface area contributed by atoms with E-state index in [4.69, 9.17) is 4.11 Å². The maximum absolute atomic E-state index is 13.5. The van der Waals surface area contributed by atoms with E-state index in [9.17, 15) is 32.3 Å². The third kappa shape index (κ3) is 4.10. The first-order chi connectivity index (χ1) is 21.2. The van der Waals surface area contributed by atoms with Gasteiger partial charge in [0.25, 0.3) is 5.91 Å². The largest absolute Gasteiger partial charge is 0.403 e. The molecule has 1 N–H and O–H groups in total. The summed E-state index contributed by atoms with van der Waals surface area (Å²) >= 11 is 0. The highest BCUT2D eigenvalue weighted by Crippen LogP contribution is 2.58. The lowest BCUT2D eigenvalue weighted by Crippen LogP contribution is -2.53. The smallest absolute Gasteiger partial charge is 0.342 e. The number of hydrogen-bond acceptors (Lipinski definition) is 5. The van der Waals surface area contributed by atoms with Crippen LogP contribution in [0.25, 0.3) is 10.8 Å². The molecule has 9 nitrogen and oxygen atoms in total. The van der Waals surface area contributed by atoms with Gasteiger partial charge in [0.2, 0.25) is 17.7 Å². The number of anilines is 1. The molecule has 4 heterocycles. The third-order valence-corrected chi connectivity index (χ3v) is 8.78. The van der Waals surface area contributed by atoms with Crippen molar-refractivity contribution in [3.8, 4) is 0 Å². The second-order valence-corrected chi connectivity index (χ2v) is 11.3. The number of alkyl halides is 3. The number of aromatic nitrogens is 2. The molecule has 3 aliphatic heterocycles. The lowest BCUT2D eigenvalue weighted by Gasteiger charge is -2.35. The molecule has 42 heavy (non-hydrogen) atoms. The second kappa shape index (κ2) is 9.40. The lowest BCUT2D eigenvalue weighted by molar-refractivity contribution is -0.199. The Morgan fingerprint density at radius 1 is 1.12 bits per heavy atom. The quantitative estimate of drug-likeness (QED) is 0.460. The number of nitrogens with zero attached hydrogens (tertiary/aromatic N) is 4. The van der Waals surface area contributed by atoms with Crippen molar-refractivity contribution in [2.75, 3.05) is 18.0 Å². The topological polar surface area (TPSA) is 105 Å². The van der Waals surface area contributed by atoms with E-state index < -0.39 is 47.6 Å². The molecule has 0 spiro atoms. The Balaban J connectivity index is 1.15. The molecule has 1 aliphatic carbocycles. The number of nitrogens with one attached hydrogen (secondary N) is 1. The fourth-order valence-electron chi connectivity index (χ4n) is 6.32. The van der Waals surface area contributed by atoms with Gasteiger partial charge in [0.05, 0.1) is 19.3 Å². The van der Waals surface area contributed by atoms with Gasteiger partial charge in [-0.3, -0.25) is 34.1 Å². The van der Waals surface area contributed by atoms with Crippen molar-refractivity contribution in [3.63, 3.8) is 0 Å². The monoisotopic (exact) mass is 582 g/mol. The van der Waals surface area contributed by atoms with Crippen LogP contribution in [0.2, 0.25) is 0 Å². The molecule has 218 valence electrons. The highest BCUT2D eigenvalue weighted by atomic mass is 19.4. The van der Waals surface area contributed by atoms with Gasteiger partial charge < -0.3 is 4.90 Å². The first-order valence-electron chi connectivity index (χ1n) is 15.3. The number of piperidine rings is 2. The molecule has 1 unspecified atom stereocenters. The van der Waals surface area contributed by atoms with Crippen LogP contribution in [-0.2, 0) is 20.8 Å². The van der Waals surface area contributed by atoms with Crippen molar-refractivity contribution < 1.29 is 36.5 Å². The van der Waals surface area contributed by atoms with Crippen LogP contribution < -0.4 is 10.2 Å². The molecular formula is C30H28F3N5O4. The van der Waals surface area contributed by atoms with Gasteiger partial charge in [-0.25, -0.2) is 0 Å². The Morgan fingerprint density at radius 3 is 2.57 bits per heavy atom. The van der Waals surface area contributed by atoms with Gasteiger partial charge in [0.1, 0.15) is 11.4 Å². The molecule has 0 bridgehead atoms. The summed E-state index contributed by atoms with van der Waals surface area (Å²) < 4.78 is 69.1. The molecule has 2 saturated heterocycles. The van der Waals surface area contributed by atoms with Gasteiger partial charge in [-0.1, -0.05) is 18.2 Å². The van der Waals surface area contributed by atoms with E-state index in [0.29, 0.717) is 23.6 Å². The van der Waals surface area contributed by atoms with Gasteiger partial charge in [-0.2, -0.15) is 18.3 Å². The van der Waals surface area contributed by atoms with E-state index in [1.807, 2.05) is 0 Å². The van der Waals surface area contributed by atoms with Crippen LogP contribution >= 0.6 is 0 Å². The second-order valence-electron chi connectivity index (χ2n) is 11.3. The normalized spacial score (nSPS) is 25.3. The summed E-state index contributed by atoms with van der Waals surface area (Å²) in [5.74, 6) is -2.88. The van der Waals surface area contributed by atoms with Crippen molar-refractivity contribution in [3.05, 3.63) is 59.4 Å². The van der Waals surface area contributed by atoms with Crippen LogP contribution in [0.3, 0.4) is 0 Å². The standard InChI is InChI=1S/C30H28F3N5O4/c31-30(32,33)29(10-11-29)28(42)36-12-8-19(9-13-36)37-16-17(15-34-37)14-18-4-5-22-25-20(18)2-1-3-21(25)27(41)38(22)23-6-7-24(39)35-26(23)40/h1-5,15-16,19,23H,6-14H2,(H,35,39,40)/i14D2,23D. The molecule has 4 aliphatic rings. The van der Waals surface area contributed by atoms with Crippen molar-refractivity contribution >= 4 is 40.1 Å². The van der Waals surface area contributed by atoms with Crippen LogP contribution in [0.1, 0.15) is 70.2 Å². The number of benzene rings is 2. The molecule has 0 radical (unpaired) electrons. The number of rotatable bonds is 5. The zero-order chi connectivity index (χ0) is 32.1. The molecule has 1 aromatic heterocycles. The summed E-state index contributed by atoms with van der Waals surface area (Å²) in [4.78, 5) is 53.1.